The fourth-order valence-electron chi connectivity index (χ4n) is 4.63. The van der Waals surface area contributed by atoms with Crippen LogP contribution in [0.4, 0.5) is 5.69 Å². The molecular formula is C24H42N6. The van der Waals surface area contributed by atoms with E-state index in [1.165, 1.54) is 56.1 Å². The number of likely N-dealkylation sites (N-methyl/N-ethyl adjacent to an activating group) is 1. The molecule has 0 saturated carbocycles. The van der Waals surface area contributed by atoms with Gasteiger partial charge in [-0.3, -0.25) is 4.99 Å². The van der Waals surface area contributed by atoms with Crippen LogP contribution < -0.4 is 10.2 Å². The molecule has 2 fully saturated rings. The molecule has 0 amide bonds. The van der Waals surface area contributed by atoms with Crippen molar-refractivity contribution in [2.75, 3.05) is 83.9 Å². The van der Waals surface area contributed by atoms with Crippen molar-refractivity contribution in [2.24, 2.45) is 10.9 Å². The number of nitrogens with one attached hydrogen (secondary N) is 1. The standard InChI is InChI=1S/C24H42N6/c1-6-27-10-12-28(13-11-27)19-20(2)18-26-24(25-5)30-16-14-29(15-17-30)23-9-7-8-21(3)22(23)4/h7-9,20H,6,10-19H2,1-5H3,(H,25,26). The number of aryl methyl sites for hydroxylation is 1. The molecule has 2 aliphatic heterocycles. The molecule has 30 heavy (non-hydrogen) atoms. The Labute approximate surface area is 183 Å². The van der Waals surface area contributed by atoms with Crippen LogP contribution in [0.15, 0.2) is 23.2 Å². The first kappa shape index (κ1) is 22.9. The van der Waals surface area contributed by atoms with Gasteiger partial charge in [-0.15, -0.1) is 0 Å². The summed E-state index contributed by atoms with van der Waals surface area (Å²) in [7, 11) is 1.91. The molecule has 6 heteroatoms. The molecule has 1 unspecified atom stereocenters. The van der Waals surface area contributed by atoms with E-state index in [0.717, 1.165) is 38.7 Å². The van der Waals surface area contributed by atoms with Crippen molar-refractivity contribution in [3.63, 3.8) is 0 Å². The van der Waals surface area contributed by atoms with Gasteiger partial charge in [0.1, 0.15) is 0 Å². The van der Waals surface area contributed by atoms with Gasteiger partial charge >= 0.3 is 0 Å². The monoisotopic (exact) mass is 414 g/mol. The summed E-state index contributed by atoms with van der Waals surface area (Å²) in [6.45, 7) is 21.3. The van der Waals surface area contributed by atoms with Gasteiger partial charge in [0.15, 0.2) is 5.96 Å². The Hall–Kier alpha value is -1.79. The number of aliphatic imine (C=N–C) groups is 1. The van der Waals surface area contributed by atoms with Crippen LogP contribution in [0.25, 0.3) is 0 Å². The molecule has 0 aromatic heterocycles. The molecule has 1 aromatic carbocycles. The van der Waals surface area contributed by atoms with Crippen molar-refractivity contribution >= 4 is 11.6 Å². The van der Waals surface area contributed by atoms with E-state index in [1.54, 1.807) is 0 Å². The maximum atomic E-state index is 4.57. The van der Waals surface area contributed by atoms with Crippen molar-refractivity contribution in [3.05, 3.63) is 29.3 Å². The van der Waals surface area contributed by atoms with E-state index in [1.807, 2.05) is 7.05 Å². The summed E-state index contributed by atoms with van der Waals surface area (Å²) in [4.78, 5) is 14.7. The highest BCUT2D eigenvalue weighted by Crippen LogP contribution is 2.23. The molecule has 2 aliphatic rings. The van der Waals surface area contributed by atoms with Crippen molar-refractivity contribution in [2.45, 2.75) is 27.7 Å². The van der Waals surface area contributed by atoms with Gasteiger partial charge < -0.3 is 24.9 Å². The summed E-state index contributed by atoms with van der Waals surface area (Å²) >= 11 is 0. The molecule has 1 aromatic rings. The summed E-state index contributed by atoms with van der Waals surface area (Å²) in [6.07, 6.45) is 0. The summed E-state index contributed by atoms with van der Waals surface area (Å²) in [6, 6.07) is 6.63. The predicted molar refractivity (Wildman–Crippen MR) is 129 cm³/mol. The van der Waals surface area contributed by atoms with Crippen LogP contribution in [0.1, 0.15) is 25.0 Å². The summed E-state index contributed by atoms with van der Waals surface area (Å²) in [5.74, 6) is 1.67. The third-order valence-corrected chi connectivity index (χ3v) is 6.80. The van der Waals surface area contributed by atoms with E-state index in [2.05, 4.69) is 75.8 Å². The molecular weight excluding hydrogens is 372 g/mol. The minimum Gasteiger partial charge on any atom is -0.368 e. The number of rotatable bonds is 6. The van der Waals surface area contributed by atoms with Crippen LogP contribution in [0.5, 0.6) is 0 Å². The molecule has 0 spiro atoms. The quantitative estimate of drug-likeness (QED) is 0.571. The fraction of sp³-hybridized carbons (Fsp3) is 0.708. The van der Waals surface area contributed by atoms with E-state index in [4.69, 9.17) is 0 Å². The van der Waals surface area contributed by atoms with Crippen LogP contribution in [0.3, 0.4) is 0 Å². The third-order valence-electron chi connectivity index (χ3n) is 6.80. The van der Waals surface area contributed by atoms with Crippen molar-refractivity contribution in [1.29, 1.82) is 0 Å². The molecule has 2 heterocycles. The number of guanidine groups is 1. The zero-order valence-corrected chi connectivity index (χ0v) is 19.8. The van der Waals surface area contributed by atoms with Crippen LogP contribution in [0.2, 0.25) is 0 Å². The average Bonchev–Trinajstić information content (AvgIpc) is 2.77. The van der Waals surface area contributed by atoms with Gasteiger partial charge in [-0.25, -0.2) is 0 Å². The summed E-state index contributed by atoms with van der Waals surface area (Å²) in [5, 5.41) is 3.64. The van der Waals surface area contributed by atoms with Gasteiger partial charge in [0, 0.05) is 78.2 Å². The predicted octanol–water partition coefficient (Wildman–Crippen LogP) is 2.27. The molecule has 0 radical (unpaired) electrons. The maximum absolute atomic E-state index is 4.57. The minimum atomic E-state index is 0.617. The Bertz CT molecular complexity index is 687. The normalized spacial score (nSPS) is 20.5. The highest BCUT2D eigenvalue weighted by Gasteiger charge is 2.22. The van der Waals surface area contributed by atoms with Gasteiger partial charge in [-0.2, -0.15) is 0 Å². The SMILES string of the molecule is CCN1CCN(CC(C)CNC(=NC)N2CCN(c3cccc(C)c3C)CC2)CC1. The second kappa shape index (κ2) is 11.0. The van der Waals surface area contributed by atoms with Gasteiger partial charge in [0.05, 0.1) is 0 Å². The lowest BCUT2D eigenvalue weighted by Crippen LogP contribution is -2.53. The smallest absolute Gasteiger partial charge is 0.193 e. The molecule has 168 valence electrons. The first-order valence-electron chi connectivity index (χ1n) is 11.7. The minimum absolute atomic E-state index is 0.617. The van der Waals surface area contributed by atoms with Gasteiger partial charge in [-0.05, 0) is 43.5 Å². The van der Waals surface area contributed by atoms with E-state index in [9.17, 15) is 0 Å². The van der Waals surface area contributed by atoms with E-state index < -0.39 is 0 Å². The van der Waals surface area contributed by atoms with Crippen LogP contribution >= 0.6 is 0 Å². The lowest BCUT2D eigenvalue weighted by atomic mass is 10.1. The van der Waals surface area contributed by atoms with E-state index in [-0.39, 0.29) is 0 Å². The Morgan fingerprint density at radius 2 is 1.67 bits per heavy atom. The van der Waals surface area contributed by atoms with Crippen molar-refractivity contribution in [3.8, 4) is 0 Å². The zero-order chi connectivity index (χ0) is 21.5. The Kier molecular flexibility index (Phi) is 8.40. The lowest BCUT2D eigenvalue weighted by Gasteiger charge is -2.39. The number of piperazine rings is 2. The molecule has 6 nitrogen and oxygen atoms in total. The van der Waals surface area contributed by atoms with Crippen LogP contribution in [-0.4, -0.2) is 99.7 Å². The molecule has 0 bridgehead atoms. The number of benzene rings is 1. The fourth-order valence-corrected chi connectivity index (χ4v) is 4.63. The van der Waals surface area contributed by atoms with Crippen molar-refractivity contribution in [1.82, 2.24) is 20.0 Å². The Morgan fingerprint density at radius 3 is 2.30 bits per heavy atom. The average molecular weight is 415 g/mol. The Balaban J connectivity index is 1.43. The van der Waals surface area contributed by atoms with Gasteiger partial charge in [0.2, 0.25) is 0 Å². The summed E-state index contributed by atoms with van der Waals surface area (Å²) in [5.41, 5.74) is 4.16. The first-order chi connectivity index (χ1) is 14.5. The van der Waals surface area contributed by atoms with Crippen LogP contribution in [0, 0.1) is 19.8 Å². The summed E-state index contributed by atoms with van der Waals surface area (Å²) < 4.78 is 0. The molecule has 2 saturated heterocycles. The first-order valence-corrected chi connectivity index (χ1v) is 11.7. The van der Waals surface area contributed by atoms with Crippen LogP contribution in [-0.2, 0) is 0 Å². The number of hydrogen-bond acceptors (Lipinski definition) is 4. The van der Waals surface area contributed by atoms with Crippen molar-refractivity contribution < 1.29 is 0 Å². The number of hydrogen-bond donors (Lipinski definition) is 1. The van der Waals surface area contributed by atoms with Gasteiger partial charge in [-0.1, -0.05) is 26.0 Å². The number of nitrogens with zero attached hydrogens (tertiary/aromatic N) is 5. The second-order valence-corrected chi connectivity index (χ2v) is 8.96. The van der Waals surface area contributed by atoms with E-state index in [0.29, 0.717) is 5.92 Å². The molecule has 1 atom stereocenters. The van der Waals surface area contributed by atoms with Gasteiger partial charge in [0.25, 0.3) is 0 Å². The zero-order valence-electron chi connectivity index (χ0n) is 19.8. The lowest BCUT2D eigenvalue weighted by molar-refractivity contribution is 0.124. The topological polar surface area (TPSA) is 37.4 Å². The second-order valence-electron chi connectivity index (χ2n) is 8.96. The highest BCUT2D eigenvalue weighted by atomic mass is 15.3. The van der Waals surface area contributed by atoms with E-state index >= 15 is 0 Å². The highest BCUT2D eigenvalue weighted by molar-refractivity contribution is 5.80. The Morgan fingerprint density at radius 1 is 1.00 bits per heavy atom. The molecule has 1 N–H and O–H groups in total. The largest absolute Gasteiger partial charge is 0.368 e. The number of anilines is 1. The molecule has 0 aliphatic carbocycles. The third kappa shape index (κ3) is 5.88. The molecule has 3 rings (SSSR count). The maximum Gasteiger partial charge on any atom is 0.193 e.